The van der Waals surface area contributed by atoms with Crippen LogP contribution in [0.2, 0.25) is 0 Å². The lowest BCUT2D eigenvalue weighted by molar-refractivity contribution is 0.0949. The van der Waals surface area contributed by atoms with Gasteiger partial charge in [0.05, 0.1) is 4.88 Å². The van der Waals surface area contributed by atoms with Crippen molar-refractivity contribution in [2.45, 2.75) is 25.8 Å². The van der Waals surface area contributed by atoms with Crippen molar-refractivity contribution in [1.29, 1.82) is 0 Å². The molecule has 0 aliphatic heterocycles. The van der Waals surface area contributed by atoms with Crippen LogP contribution in [-0.4, -0.2) is 22.8 Å². The number of aromatic nitrogens is 1. The van der Waals surface area contributed by atoms with E-state index in [1.165, 1.54) is 11.3 Å². The van der Waals surface area contributed by atoms with Crippen molar-refractivity contribution in [1.82, 2.24) is 10.3 Å². The van der Waals surface area contributed by atoms with Gasteiger partial charge in [-0.2, -0.15) is 0 Å². The summed E-state index contributed by atoms with van der Waals surface area (Å²) >= 11 is 1.43. The first kappa shape index (κ1) is 17.4. The van der Waals surface area contributed by atoms with Gasteiger partial charge in [0.25, 0.3) is 11.8 Å². The average Bonchev–Trinajstić information content (AvgIpc) is 3.35. The number of hydrogen-bond donors (Lipinski definition) is 2. The highest BCUT2D eigenvalue weighted by atomic mass is 32.1. The Morgan fingerprint density at radius 2 is 1.81 bits per heavy atom. The molecular weight excluding hydrogens is 358 g/mol. The van der Waals surface area contributed by atoms with Gasteiger partial charge in [-0.1, -0.05) is 6.07 Å². The number of pyridine rings is 1. The normalized spacial score (nSPS) is 13.2. The Balaban J connectivity index is 1.51. The zero-order chi connectivity index (χ0) is 18.8. The van der Waals surface area contributed by atoms with Gasteiger partial charge < -0.3 is 10.6 Å². The molecule has 6 heteroatoms. The minimum absolute atomic E-state index is 0.0934. The molecule has 0 spiro atoms. The monoisotopic (exact) mass is 377 g/mol. The van der Waals surface area contributed by atoms with E-state index in [0.29, 0.717) is 22.2 Å². The molecule has 0 bridgehead atoms. The molecule has 0 atom stereocenters. The molecule has 1 fully saturated rings. The minimum atomic E-state index is -0.178. The molecule has 1 saturated carbocycles. The summed E-state index contributed by atoms with van der Waals surface area (Å²) in [5, 5.41) is 5.90. The SMILES string of the molecule is Cc1ccc(C(=O)NC2CC2)cc1NC(=O)c1ccc(-c2ccncc2)s1. The fourth-order valence-corrected chi connectivity index (χ4v) is 3.62. The van der Waals surface area contributed by atoms with E-state index in [2.05, 4.69) is 15.6 Å². The number of thiophene rings is 1. The molecule has 0 unspecified atom stereocenters. The van der Waals surface area contributed by atoms with Gasteiger partial charge in [0, 0.05) is 34.6 Å². The molecule has 0 saturated heterocycles. The van der Waals surface area contributed by atoms with Gasteiger partial charge >= 0.3 is 0 Å². The average molecular weight is 377 g/mol. The van der Waals surface area contributed by atoms with Crippen molar-refractivity contribution in [2.75, 3.05) is 5.32 Å². The quantitative estimate of drug-likeness (QED) is 0.698. The van der Waals surface area contributed by atoms with Crippen molar-refractivity contribution >= 4 is 28.8 Å². The second-order valence-electron chi connectivity index (χ2n) is 6.63. The summed E-state index contributed by atoms with van der Waals surface area (Å²) in [5.74, 6) is -0.271. The molecule has 1 aliphatic rings. The third-order valence-corrected chi connectivity index (χ3v) is 5.59. The number of rotatable bonds is 5. The number of anilines is 1. The van der Waals surface area contributed by atoms with Gasteiger partial charge in [0.1, 0.15) is 0 Å². The van der Waals surface area contributed by atoms with Gasteiger partial charge in [0.2, 0.25) is 0 Å². The second-order valence-corrected chi connectivity index (χ2v) is 7.72. The summed E-state index contributed by atoms with van der Waals surface area (Å²) in [5.41, 5.74) is 3.16. The third-order valence-electron chi connectivity index (χ3n) is 4.46. The number of hydrogen-bond acceptors (Lipinski definition) is 4. The van der Waals surface area contributed by atoms with Crippen molar-refractivity contribution in [3.63, 3.8) is 0 Å². The van der Waals surface area contributed by atoms with Crippen LogP contribution in [0.3, 0.4) is 0 Å². The zero-order valence-electron chi connectivity index (χ0n) is 14.9. The van der Waals surface area contributed by atoms with Crippen molar-refractivity contribution in [3.8, 4) is 10.4 Å². The van der Waals surface area contributed by atoms with Crippen LogP contribution in [-0.2, 0) is 0 Å². The zero-order valence-corrected chi connectivity index (χ0v) is 15.7. The van der Waals surface area contributed by atoms with Crippen LogP contribution in [0.25, 0.3) is 10.4 Å². The lowest BCUT2D eigenvalue weighted by Gasteiger charge is -2.10. The van der Waals surface area contributed by atoms with Crippen molar-refractivity contribution in [3.05, 3.63) is 70.9 Å². The Morgan fingerprint density at radius 3 is 2.56 bits per heavy atom. The summed E-state index contributed by atoms with van der Waals surface area (Å²) in [6.07, 6.45) is 5.55. The molecular formula is C21H19N3O2S. The Bertz CT molecular complexity index is 994. The van der Waals surface area contributed by atoms with E-state index >= 15 is 0 Å². The van der Waals surface area contributed by atoms with Crippen LogP contribution in [0.5, 0.6) is 0 Å². The molecule has 1 aliphatic carbocycles. The minimum Gasteiger partial charge on any atom is -0.349 e. The molecule has 2 N–H and O–H groups in total. The molecule has 2 amide bonds. The van der Waals surface area contributed by atoms with Crippen LogP contribution in [0.1, 0.15) is 38.4 Å². The lowest BCUT2D eigenvalue weighted by atomic mass is 10.1. The summed E-state index contributed by atoms with van der Waals surface area (Å²) < 4.78 is 0. The van der Waals surface area contributed by atoms with Crippen LogP contribution < -0.4 is 10.6 Å². The fourth-order valence-electron chi connectivity index (χ4n) is 2.71. The highest BCUT2D eigenvalue weighted by Crippen LogP contribution is 2.28. The standard InChI is InChI=1S/C21H19N3O2S/c1-13-2-3-15(20(25)23-16-4-5-16)12-17(13)24-21(26)19-7-6-18(27-19)14-8-10-22-11-9-14/h2-3,6-12,16H,4-5H2,1H3,(H,23,25)(H,24,26). The number of nitrogens with one attached hydrogen (secondary N) is 2. The van der Waals surface area contributed by atoms with E-state index in [-0.39, 0.29) is 11.8 Å². The molecule has 5 nitrogen and oxygen atoms in total. The first-order valence-electron chi connectivity index (χ1n) is 8.83. The maximum atomic E-state index is 12.7. The number of benzene rings is 1. The van der Waals surface area contributed by atoms with Gasteiger partial charge in [-0.25, -0.2) is 0 Å². The van der Waals surface area contributed by atoms with Crippen LogP contribution in [0.4, 0.5) is 5.69 Å². The summed E-state index contributed by atoms with van der Waals surface area (Å²) in [6, 6.07) is 13.3. The van der Waals surface area contributed by atoms with E-state index in [1.54, 1.807) is 24.5 Å². The largest absolute Gasteiger partial charge is 0.349 e. The van der Waals surface area contributed by atoms with Crippen LogP contribution in [0, 0.1) is 6.92 Å². The molecule has 27 heavy (non-hydrogen) atoms. The second kappa shape index (κ2) is 7.32. The number of nitrogens with zero attached hydrogens (tertiary/aromatic N) is 1. The predicted molar refractivity (Wildman–Crippen MR) is 107 cm³/mol. The third kappa shape index (κ3) is 4.06. The molecule has 0 radical (unpaired) electrons. The number of aryl methyl sites for hydroxylation is 1. The first-order chi connectivity index (χ1) is 13.1. The maximum Gasteiger partial charge on any atom is 0.265 e. The lowest BCUT2D eigenvalue weighted by Crippen LogP contribution is -2.25. The van der Waals surface area contributed by atoms with E-state index in [1.807, 2.05) is 37.3 Å². The van der Waals surface area contributed by atoms with E-state index < -0.39 is 0 Å². The molecule has 2 aromatic heterocycles. The Labute approximate surface area is 161 Å². The molecule has 1 aromatic carbocycles. The van der Waals surface area contributed by atoms with Gasteiger partial charge in [-0.05, 0) is 67.3 Å². The van der Waals surface area contributed by atoms with E-state index in [4.69, 9.17) is 0 Å². The fraction of sp³-hybridized carbons (Fsp3) is 0.190. The Kier molecular flexibility index (Phi) is 4.73. The maximum absolute atomic E-state index is 12.7. The van der Waals surface area contributed by atoms with Crippen molar-refractivity contribution < 1.29 is 9.59 Å². The smallest absolute Gasteiger partial charge is 0.265 e. The van der Waals surface area contributed by atoms with Gasteiger partial charge in [-0.15, -0.1) is 11.3 Å². The van der Waals surface area contributed by atoms with E-state index in [9.17, 15) is 9.59 Å². The topological polar surface area (TPSA) is 71.1 Å². The van der Waals surface area contributed by atoms with E-state index in [0.717, 1.165) is 28.8 Å². The molecule has 2 heterocycles. The van der Waals surface area contributed by atoms with Crippen LogP contribution >= 0.6 is 11.3 Å². The number of amides is 2. The summed E-state index contributed by atoms with van der Waals surface area (Å²) in [6.45, 7) is 1.91. The highest BCUT2D eigenvalue weighted by molar-refractivity contribution is 7.17. The number of carbonyl (C=O) groups is 2. The summed E-state index contributed by atoms with van der Waals surface area (Å²) in [7, 11) is 0. The first-order valence-corrected chi connectivity index (χ1v) is 9.65. The highest BCUT2D eigenvalue weighted by Gasteiger charge is 2.24. The molecule has 4 rings (SSSR count). The Morgan fingerprint density at radius 1 is 1.04 bits per heavy atom. The van der Waals surface area contributed by atoms with Crippen molar-refractivity contribution in [2.24, 2.45) is 0 Å². The molecule has 136 valence electrons. The predicted octanol–water partition coefficient (Wildman–Crippen LogP) is 4.26. The number of carbonyl (C=O) groups excluding carboxylic acids is 2. The van der Waals surface area contributed by atoms with Gasteiger partial charge in [0.15, 0.2) is 0 Å². The summed E-state index contributed by atoms with van der Waals surface area (Å²) in [4.78, 5) is 30.6. The van der Waals surface area contributed by atoms with Gasteiger partial charge in [-0.3, -0.25) is 14.6 Å². The molecule has 3 aromatic rings. The van der Waals surface area contributed by atoms with Crippen LogP contribution in [0.15, 0.2) is 54.9 Å². The Hall–Kier alpha value is -2.99.